The van der Waals surface area contributed by atoms with Gasteiger partial charge in [0.25, 0.3) is 0 Å². The molecule has 4 rings (SSSR count). The smallest absolute Gasteiger partial charge is 0.184 e. The molecule has 0 spiro atoms. The minimum absolute atomic E-state index is 0.0935. The van der Waals surface area contributed by atoms with Crippen molar-refractivity contribution in [3.05, 3.63) is 34.9 Å². The van der Waals surface area contributed by atoms with E-state index >= 15 is 0 Å². The number of hydrogen-bond donors (Lipinski definition) is 1. The Labute approximate surface area is 136 Å². The minimum Gasteiger partial charge on any atom is -0.504 e. The van der Waals surface area contributed by atoms with Gasteiger partial charge in [-0.1, -0.05) is 11.6 Å². The maximum absolute atomic E-state index is 10.2. The van der Waals surface area contributed by atoms with Gasteiger partial charge in [0.2, 0.25) is 0 Å². The van der Waals surface area contributed by atoms with Crippen LogP contribution in [-0.4, -0.2) is 50.0 Å². The predicted molar refractivity (Wildman–Crippen MR) is 85.8 cm³/mol. The molecule has 1 aliphatic carbocycles. The number of aromatic hydroxyl groups is 1. The van der Waals surface area contributed by atoms with E-state index in [9.17, 15) is 5.11 Å². The highest BCUT2D eigenvalue weighted by Crippen LogP contribution is 2.50. The van der Waals surface area contributed by atoms with Crippen molar-refractivity contribution in [2.75, 3.05) is 27.8 Å². The molecule has 1 aromatic carbocycles. The summed E-state index contributed by atoms with van der Waals surface area (Å²) in [4.78, 5) is 2.41. The lowest BCUT2D eigenvalue weighted by Crippen LogP contribution is -2.45. The zero-order valence-corrected chi connectivity index (χ0v) is 13.8. The number of methoxy groups -OCH3 is 2. The van der Waals surface area contributed by atoms with Crippen LogP contribution in [0.4, 0.5) is 0 Å². The summed E-state index contributed by atoms with van der Waals surface area (Å²) in [6.07, 6.45) is 4.03. The van der Waals surface area contributed by atoms with Gasteiger partial charge in [0.05, 0.1) is 13.2 Å². The molecule has 2 aliphatic heterocycles. The Morgan fingerprint density at radius 2 is 2.09 bits per heavy atom. The van der Waals surface area contributed by atoms with Crippen LogP contribution in [0.1, 0.15) is 36.2 Å². The third-order valence-electron chi connectivity index (χ3n) is 5.47. The lowest BCUT2D eigenvalue weighted by Gasteiger charge is -2.44. The highest BCUT2D eigenvalue weighted by Gasteiger charge is 2.46. The quantitative estimate of drug-likeness (QED) is 0.850. The van der Waals surface area contributed by atoms with Gasteiger partial charge in [-0.05, 0) is 37.6 Å². The van der Waals surface area contributed by atoms with Crippen molar-refractivity contribution in [2.45, 2.75) is 37.2 Å². The van der Waals surface area contributed by atoms with Gasteiger partial charge < -0.3 is 19.3 Å². The maximum atomic E-state index is 10.2. The Bertz CT molecular complexity index is 657. The highest BCUT2D eigenvalue weighted by atomic mass is 16.7. The van der Waals surface area contributed by atoms with Crippen molar-refractivity contribution in [3.8, 4) is 11.5 Å². The van der Waals surface area contributed by atoms with Crippen molar-refractivity contribution in [3.63, 3.8) is 0 Å². The summed E-state index contributed by atoms with van der Waals surface area (Å²) in [7, 11) is 5.40. The number of rotatable bonds is 2. The maximum Gasteiger partial charge on any atom is 0.184 e. The molecule has 1 fully saturated rings. The van der Waals surface area contributed by atoms with E-state index in [0.29, 0.717) is 11.8 Å². The second-order valence-corrected chi connectivity index (χ2v) is 6.61. The van der Waals surface area contributed by atoms with Crippen LogP contribution in [-0.2, 0) is 9.47 Å². The van der Waals surface area contributed by atoms with E-state index in [1.807, 2.05) is 6.07 Å². The van der Waals surface area contributed by atoms with Gasteiger partial charge >= 0.3 is 0 Å². The third kappa shape index (κ3) is 2.18. The molecular weight excluding hydrogens is 294 g/mol. The van der Waals surface area contributed by atoms with Gasteiger partial charge in [-0.25, -0.2) is 0 Å². The van der Waals surface area contributed by atoms with Crippen LogP contribution < -0.4 is 4.74 Å². The van der Waals surface area contributed by atoms with Crippen LogP contribution in [0.5, 0.6) is 11.5 Å². The summed E-state index contributed by atoms with van der Waals surface area (Å²) in [5, 5.41) is 10.2. The van der Waals surface area contributed by atoms with E-state index in [0.717, 1.165) is 24.9 Å². The number of likely N-dealkylation sites (tertiary alicyclic amines) is 1. The number of nitrogens with zero attached hydrogens (tertiary/aromatic N) is 1. The Hall–Kier alpha value is -1.56. The summed E-state index contributed by atoms with van der Waals surface area (Å²) in [6, 6.07) is 4.05. The molecule has 23 heavy (non-hydrogen) atoms. The zero-order chi connectivity index (χ0) is 16.1. The third-order valence-corrected chi connectivity index (χ3v) is 5.47. The number of hydrogen-bond acceptors (Lipinski definition) is 5. The van der Waals surface area contributed by atoms with Gasteiger partial charge in [0, 0.05) is 31.2 Å². The minimum atomic E-state index is -0.440. The fraction of sp³-hybridized carbons (Fsp3) is 0.556. The summed E-state index contributed by atoms with van der Waals surface area (Å²) >= 11 is 0. The molecule has 2 heterocycles. The van der Waals surface area contributed by atoms with Gasteiger partial charge in [-0.15, -0.1) is 0 Å². The zero-order valence-electron chi connectivity index (χ0n) is 13.8. The van der Waals surface area contributed by atoms with E-state index in [1.165, 1.54) is 11.1 Å². The van der Waals surface area contributed by atoms with Crippen LogP contribution in [0, 0.1) is 0 Å². The fourth-order valence-electron chi connectivity index (χ4n) is 4.40. The number of fused-ring (bicyclic) bond motifs is 5. The predicted octanol–water partition coefficient (Wildman–Crippen LogP) is 2.56. The molecule has 0 unspecified atom stereocenters. The summed E-state index contributed by atoms with van der Waals surface area (Å²) in [6.45, 7) is 1.08. The molecular formula is C18H23NO4. The molecule has 0 aromatic heterocycles. The van der Waals surface area contributed by atoms with Crippen molar-refractivity contribution >= 4 is 0 Å². The Kier molecular flexibility index (Phi) is 3.59. The molecule has 1 N–H and O–H groups in total. The van der Waals surface area contributed by atoms with E-state index in [-0.39, 0.29) is 17.8 Å². The fourth-order valence-corrected chi connectivity index (χ4v) is 4.40. The summed E-state index contributed by atoms with van der Waals surface area (Å²) in [5.74, 6) is 0.885. The van der Waals surface area contributed by atoms with Crippen LogP contribution in [0.15, 0.2) is 23.8 Å². The Morgan fingerprint density at radius 1 is 1.26 bits per heavy atom. The molecule has 0 radical (unpaired) electrons. The van der Waals surface area contributed by atoms with Crippen LogP contribution in [0.2, 0.25) is 0 Å². The summed E-state index contributed by atoms with van der Waals surface area (Å²) in [5.41, 5.74) is 3.59. The van der Waals surface area contributed by atoms with E-state index in [1.54, 1.807) is 20.3 Å². The average molecular weight is 317 g/mol. The number of phenolic OH excluding ortho intramolecular Hbond substituents is 1. The molecule has 1 saturated heterocycles. The SMILES string of the molecule is COc1cc2c(cc1O)[C@@H](OC)O[C@@H]1CC=C3CCN(C)[C@H]3[C@H]21. The average Bonchev–Trinajstić information content (AvgIpc) is 2.94. The molecule has 3 aliphatic rings. The molecule has 0 saturated carbocycles. The normalized spacial score (nSPS) is 32.7. The second kappa shape index (κ2) is 5.51. The van der Waals surface area contributed by atoms with Crippen LogP contribution in [0.25, 0.3) is 0 Å². The van der Waals surface area contributed by atoms with Crippen molar-refractivity contribution in [2.24, 2.45) is 0 Å². The lowest BCUT2D eigenvalue weighted by molar-refractivity contribution is -0.179. The van der Waals surface area contributed by atoms with E-state index in [4.69, 9.17) is 14.2 Å². The van der Waals surface area contributed by atoms with Gasteiger partial charge in [-0.2, -0.15) is 0 Å². The Balaban J connectivity index is 1.86. The van der Waals surface area contributed by atoms with Gasteiger partial charge in [0.1, 0.15) is 0 Å². The molecule has 0 amide bonds. The number of phenols is 1. The first-order valence-electron chi connectivity index (χ1n) is 8.12. The Morgan fingerprint density at radius 3 is 2.83 bits per heavy atom. The van der Waals surface area contributed by atoms with E-state index in [2.05, 4.69) is 18.0 Å². The molecule has 0 bridgehead atoms. The first kappa shape index (κ1) is 15.0. The molecule has 5 heteroatoms. The van der Waals surface area contributed by atoms with E-state index < -0.39 is 6.29 Å². The topological polar surface area (TPSA) is 51.2 Å². The standard InChI is InChI=1S/C18H23NO4/c1-19-7-6-10-4-5-14-16(17(10)19)11-9-15(21-2)13(20)8-12(11)18(22-3)23-14/h4,8-9,14,16-18,20H,5-7H2,1-3H3/t14-,16-,17-,18+/m1/s1. The molecule has 124 valence electrons. The van der Waals surface area contributed by atoms with Crippen LogP contribution in [0.3, 0.4) is 0 Å². The number of ether oxygens (including phenoxy) is 3. The molecule has 1 aromatic rings. The molecule has 4 atom stereocenters. The first-order chi connectivity index (χ1) is 11.1. The first-order valence-corrected chi connectivity index (χ1v) is 8.12. The number of likely N-dealkylation sites (N-methyl/N-ethyl adjacent to an activating group) is 1. The lowest BCUT2D eigenvalue weighted by atomic mass is 9.74. The van der Waals surface area contributed by atoms with Crippen molar-refractivity contribution in [1.29, 1.82) is 0 Å². The monoisotopic (exact) mass is 317 g/mol. The molecule has 5 nitrogen and oxygen atoms in total. The second-order valence-electron chi connectivity index (χ2n) is 6.61. The summed E-state index contributed by atoms with van der Waals surface area (Å²) < 4.78 is 17.1. The number of benzene rings is 1. The van der Waals surface area contributed by atoms with Crippen LogP contribution >= 0.6 is 0 Å². The van der Waals surface area contributed by atoms with Crippen molar-refractivity contribution < 1.29 is 19.3 Å². The largest absolute Gasteiger partial charge is 0.504 e. The van der Waals surface area contributed by atoms with Gasteiger partial charge in [-0.3, -0.25) is 4.90 Å². The van der Waals surface area contributed by atoms with Gasteiger partial charge in [0.15, 0.2) is 17.8 Å². The van der Waals surface area contributed by atoms with Crippen molar-refractivity contribution in [1.82, 2.24) is 4.90 Å². The highest BCUT2D eigenvalue weighted by molar-refractivity contribution is 5.51.